The highest BCUT2D eigenvalue weighted by Crippen LogP contribution is 2.38. The number of nitrogens with one attached hydrogen (secondary N) is 1. The van der Waals surface area contributed by atoms with Crippen LogP contribution < -0.4 is 10.4 Å². The summed E-state index contributed by atoms with van der Waals surface area (Å²) in [6.45, 7) is 5.45. The Labute approximate surface area is 208 Å². The minimum atomic E-state index is -0.326. The molecule has 3 aromatic carbocycles. The van der Waals surface area contributed by atoms with E-state index < -0.39 is 0 Å². The lowest BCUT2D eigenvalue weighted by atomic mass is 9.92. The van der Waals surface area contributed by atoms with Crippen LogP contribution in [0.3, 0.4) is 0 Å². The second-order valence-corrected chi connectivity index (χ2v) is 9.31. The van der Waals surface area contributed by atoms with E-state index in [4.69, 9.17) is 9.47 Å². The summed E-state index contributed by atoms with van der Waals surface area (Å²) >= 11 is 0. The predicted molar refractivity (Wildman–Crippen MR) is 139 cm³/mol. The number of morpholine rings is 1. The summed E-state index contributed by atoms with van der Waals surface area (Å²) in [5.74, 6) is 0.200. The fourth-order valence-electron chi connectivity index (χ4n) is 5.14. The Balaban J connectivity index is 1.33. The van der Waals surface area contributed by atoms with Crippen LogP contribution in [0.5, 0.6) is 5.75 Å². The molecule has 2 aliphatic rings. The van der Waals surface area contributed by atoms with Gasteiger partial charge in [-0.1, -0.05) is 30.3 Å². The molecule has 0 saturated carbocycles. The molecule has 0 atom stereocenters. The van der Waals surface area contributed by atoms with Gasteiger partial charge in [-0.3, -0.25) is 9.47 Å². The molecule has 36 heavy (non-hydrogen) atoms. The van der Waals surface area contributed by atoms with Gasteiger partial charge in [-0.05, 0) is 59.0 Å². The molecule has 0 unspecified atom stereocenters. The Bertz CT molecular complexity index is 1500. The Kier molecular flexibility index (Phi) is 6.17. The standard InChI is InChI=1S/C29H28FN3O3/c30-22-7-8-24-25(23-5-2-1-4-21(23)19-36-28(24)18-22)16-20-6-9-27-26(17-20)31-29(34)33(27)11-3-10-32-12-14-35-15-13-32/h1-2,4-9,16-18H,3,10-15,19H2,(H,31,34). The first-order chi connectivity index (χ1) is 17.7. The van der Waals surface area contributed by atoms with Gasteiger partial charge in [-0.2, -0.15) is 0 Å². The largest absolute Gasteiger partial charge is 0.488 e. The van der Waals surface area contributed by atoms with Crippen molar-refractivity contribution >= 4 is 22.7 Å². The Morgan fingerprint density at radius 1 is 0.972 bits per heavy atom. The zero-order valence-corrected chi connectivity index (χ0v) is 20.0. The normalized spacial score (nSPS) is 17.0. The third-order valence-corrected chi connectivity index (χ3v) is 6.99. The fraction of sp³-hybridized carbons (Fsp3) is 0.276. The summed E-state index contributed by atoms with van der Waals surface area (Å²) in [6, 6.07) is 18.8. The van der Waals surface area contributed by atoms with E-state index in [1.807, 2.05) is 41.0 Å². The van der Waals surface area contributed by atoms with E-state index in [-0.39, 0.29) is 11.5 Å². The topological polar surface area (TPSA) is 59.5 Å². The van der Waals surface area contributed by atoms with Crippen LogP contribution in [-0.4, -0.2) is 47.3 Å². The average molecular weight is 486 g/mol. The number of benzene rings is 3. The molecule has 1 N–H and O–H groups in total. The van der Waals surface area contributed by atoms with Gasteiger partial charge in [0.2, 0.25) is 0 Å². The highest BCUT2D eigenvalue weighted by molar-refractivity contribution is 5.95. The summed E-state index contributed by atoms with van der Waals surface area (Å²) in [4.78, 5) is 18.1. The van der Waals surface area contributed by atoms with Crippen LogP contribution in [0.25, 0.3) is 22.7 Å². The third-order valence-electron chi connectivity index (χ3n) is 6.99. The number of H-pyrrole nitrogens is 1. The van der Waals surface area contributed by atoms with Gasteiger partial charge in [0.15, 0.2) is 0 Å². The molecule has 184 valence electrons. The maximum absolute atomic E-state index is 14.0. The van der Waals surface area contributed by atoms with Gasteiger partial charge in [0, 0.05) is 37.8 Å². The minimum Gasteiger partial charge on any atom is -0.488 e. The average Bonchev–Trinajstić information content (AvgIpc) is 3.12. The summed E-state index contributed by atoms with van der Waals surface area (Å²) in [7, 11) is 0. The van der Waals surface area contributed by atoms with Gasteiger partial charge in [-0.15, -0.1) is 0 Å². The lowest BCUT2D eigenvalue weighted by Crippen LogP contribution is -2.37. The lowest BCUT2D eigenvalue weighted by molar-refractivity contribution is 0.0369. The fourth-order valence-corrected chi connectivity index (χ4v) is 5.14. The third kappa shape index (κ3) is 4.47. The molecule has 6 nitrogen and oxygen atoms in total. The smallest absolute Gasteiger partial charge is 0.326 e. The number of aromatic nitrogens is 2. The maximum atomic E-state index is 14.0. The first-order valence-electron chi connectivity index (χ1n) is 12.4. The van der Waals surface area contributed by atoms with Crippen molar-refractivity contribution in [2.75, 3.05) is 32.8 Å². The molecule has 4 aromatic rings. The van der Waals surface area contributed by atoms with Crippen molar-refractivity contribution in [3.8, 4) is 5.75 Å². The Hall–Kier alpha value is -3.68. The zero-order chi connectivity index (χ0) is 24.5. The number of rotatable bonds is 5. The van der Waals surface area contributed by atoms with Gasteiger partial charge in [0.05, 0.1) is 24.2 Å². The molecular weight excluding hydrogens is 457 g/mol. The minimum absolute atomic E-state index is 0.0918. The molecule has 0 radical (unpaired) electrons. The van der Waals surface area contributed by atoms with Gasteiger partial charge in [0.25, 0.3) is 0 Å². The Morgan fingerprint density at radius 2 is 1.83 bits per heavy atom. The molecule has 0 aliphatic carbocycles. The van der Waals surface area contributed by atoms with Crippen LogP contribution in [-0.2, 0) is 17.9 Å². The van der Waals surface area contributed by atoms with Crippen LogP contribution >= 0.6 is 0 Å². The van der Waals surface area contributed by atoms with Crippen LogP contribution in [0.15, 0.2) is 65.5 Å². The van der Waals surface area contributed by atoms with Crippen molar-refractivity contribution in [3.05, 3.63) is 99.2 Å². The summed E-state index contributed by atoms with van der Waals surface area (Å²) in [5, 5.41) is 0. The quantitative estimate of drug-likeness (QED) is 0.446. The number of aromatic amines is 1. The van der Waals surface area contributed by atoms with Crippen molar-refractivity contribution in [1.82, 2.24) is 14.5 Å². The molecule has 0 spiro atoms. The predicted octanol–water partition coefficient (Wildman–Crippen LogP) is 4.67. The highest BCUT2D eigenvalue weighted by Gasteiger charge is 2.20. The second kappa shape index (κ2) is 9.76. The monoisotopic (exact) mass is 485 g/mol. The summed E-state index contributed by atoms with van der Waals surface area (Å²) in [6.07, 6.45) is 2.99. The first-order valence-corrected chi connectivity index (χ1v) is 12.4. The van der Waals surface area contributed by atoms with Gasteiger partial charge in [0.1, 0.15) is 18.2 Å². The van der Waals surface area contributed by atoms with Crippen LogP contribution in [0.2, 0.25) is 0 Å². The van der Waals surface area contributed by atoms with E-state index in [1.54, 1.807) is 6.07 Å². The van der Waals surface area contributed by atoms with E-state index >= 15 is 0 Å². The number of imidazole rings is 1. The van der Waals surface area contributed by atoms with Crippen molar-refractivity contribution < 1.29 is 13.9 Å². The molecule has 0 bridgehead atoms. The summed E-state index contributed by atoms with van der Waals surface area (Å²) in [5.41, 5.74) is 6.46. The van der Waals surface area contributed by atoms with Gasteiger partial charge >= 0.3 is 5.69 Å². The van der Waals surface area contributed by atoms with Crippen LogP contribution in [0.1, 0.15) is 28.7 Å². The van der Waals surface area contributed by atoms with Gasteiger partial charge < -0.3 is 14.5 Å². The summed E-state index contributed by atoms with van der Waals surface area (Å²) < 4.78 is 27.2. The number of ether oxygens (including phenoxy) is 2. The molecule has 3 heterocycles. The second-order valence-electron chi connectivity index (χ2n) is 9.31. The van der Waals surface area contributed by atoms with E-state index in [1.165, 1.54) is 12.1 Å². The Morgan fingerprint density at radius 3 is 2.72 bits per heavy atom. The molecule has 2 aliphatic heterocycles. The number of halogens is 1. The number of hydrogen-bond acceptors (Lipinski definition) is 4. The highest BCUT2D eigenvalue weighted by atomic mass is 19.1. The van der Waals surface area contributed by atoms with Crippen molar-refractivity contribution in [1.29, 1.82) is 0 Å². The van der Waals surface area contributed by atoms with E-state index in [9.17, 15) is 9.18 Å². The number of hydrogen-bond donors (Lipinski definition) is 1. The molecule has 1 saturated heterocycles. The molecule has 6 rings (SSSR count). The van der Waals surface area contributed by atoms with Crippen molar-refractivity contribution in [2.24, 2.45) is 0 Å². The maximum Gasteiger partial charge on any atom is 0.326 e. The lowest BCUT2D eigenvalue weighted by Gasteiger charge is -2.26. The molecule has 0 amide bonds. The number of nitrogens with zero attached hydrogens (tertiary/aromatic N) is 2. The molecule has 1 fully saturated rings. The van der Waals surface area contributed by atoms with Crippen molar-refractivity contribution in [3.63, 3.8) is 0 Å². The molecule has 7 heteroatoms. The first kappa shape index (κ1) is 22.8. The molecular formula is C29H28FN3O3. The number of fused-ring (bicyclic) bond motifs is 3. The van der Waals surface area contributed by atoms with E-state index in [2.05, 4.69) is 22.0 Å². The number of aryl methyl sites for hydroxylation is 1. The van der Waals surface area contributed by atoms with E-state index in [0.717, 1.165) is 78.1 Å². The van der Waals surface area contributed by atoms with Crippen molar-refractivity contribution in [2.45, 2.75) is 19.6 Å². The SMILES string of the molecule is O=c1[nH]c2cc(C=C3c4ccccc4COc4cc(F)ccc43)ccc2n1CCCN1CCOCC1. The van der Waals surface area contributed by atoms with Gasteiger partial charge in [-0.25, -0.2) is 9.18 Å². The van der Waals surface area contributed by atoms with E-state index in [0.29, 0.717) is 18.9 Å². The van der Waals surface area contributed by atoms with Crippen LogP contribution in [0, 0.1) is 5.82 Å². The van der Waals surface area contributed by atoms with Crippen LogP contribution in [0.4, 0.5) is 4.39 Å². The molecule has 1 aromatic heterocycles. The zero-order valence-electron chi connectivity index (χ0n) is 20.0.